The fourth-order valence-corrected chi connectivity index (χ4v) is 2.12. The fraction of sp³-hybridized carbons (Fsp3) is 0.312. The van der Waals surface area contributed by atoms with Crippen LogP contribution >= 0.6 is 24.0 Å². The van der Waals surface area contributed by atoms with Gasteiger partial charge in [-0.15, -0.1) is 24.0 Å². The first-order chi connectivity index (χ1) is 11.8. The Labute approximate surface area is 162 Å². The molecular formula is C16H21IN6O2. The lowest BCUT2D eigenvalue weighted by molar-refractivity contribution is 0.512. The highest BCUT2D eigenvalue weighted by molar-refractivity contribution is 14.0. The van der Waals surface area contributed by atoms with E-state index in [1.54, 1.807) is 12.5 Å². The van der Waals surface area contributed by atoms with Crippen LogP contribution in [0.15, 0.2) is 50.6 Å². The van der Waals surface area contributed by atoms with Crippen molar-refractivity contribution in [2.75, 3.05) is 13.1 Å². The van der Waals surface area contributed by atoms with Gasteiger partial charge in [-0.25, -0.2) is 9.98 Å². The Morgan fingerprint density at radius 2 is 2.04 bits per heavy atom. The zero-order chi connectivity index (χ0) is 16.6. The van der Waals surface area contributed by atoms with Crippen molar-refractivity contribution in [3.8, 4) is 11.6 Å². The number of rotatable bonds is 7. The van der Waals surface area contributed by atoms with Crippen molar-refractivity contribution >= 4 is 29.9 Å². The number of nitrogens with zero attached hydrogens (tertiary/aromatic N) is 3. The lowest BCUT2D eigenvalue weighted by atomic mass is 10.4. The van der Waals surface area contributed by atoms with Crippen molar-refractivity contribution in [1.29, 1.82) is 0 Å². The summed E-state index contributed by atoms with van der Waals surface area (Å²) < 4.78 is 10.6. The molecule has 0 aliphatic rings. The third-order valence-corrected chi connectivity index (χ3v) is 3.24. The van der Waals surface area contributed by atoms with E-state index in [1.165, 1.54) is 0 Å². The third kappa shape index (κ3) is 5.62. The Morgan fingerprint density at radius 3 is 2.76 bits per heavy atom. The summed E-state index contributed by atoms with van der Waals surface area (Å²) in [5.41, 5.74) is 0. The monoisotopic (exact) mass is 456 g/mol. The normalized spacial score (nSPS) is 11.2. The molecular weight excluding hydrogens is 435 g/mol. The van der Waals surface area contributed by atoms with E-state index in [9.17, 15) is 0 Å². The minimum absolute atomic E-state index is 0. The van der Waals surface area contributed by atoms with Crippen LogP contribution in [0.25, 0.3) is 11.6 Å². The van der Waals surface area contributed by atoms with Crippen molar-refractivity contribution in [1.82, 2.24) is 25.8 Å². The van der Waals surface area contributed by atoms with E-state index < -0.39 is 0 Å². The Bertz CT molecular complexity index is 752. The van der Waals surface area contributed by atoms with Gasteiger partial charge in [0.25, 0.3) is 0 Å². The van der Waals surface area contributed by atoms with Gasteiger partial charge in [-0.2, -0.15) is 5.10 Å². The Kier molecular flexibility index (Phi) is 7.51. The molecule has 8 nitrogen and oxygen atoms in total. The van der Waals surface area contributed by atoms with Crippen LogP contribution < -0.4 is 10.6 Å². The van der Waals surface area contributed by atoms with Gasteiger partial charge in [-0.3, -0.25) is 5.10 Å². The lowest BCUT2D eigenvalue weighted by Gasteiger charge is -2.10. The summed E-state index contributed by atoms with van der Waals surface area (Å²) in [6, 6.07) is 7.39. The molecule has 3 aromatic heterocycles. The molecule has 0 aromatic carbocycles. The van der Waals surface area contributed by atoms with E-state index >= 15 is 0 Å². The van der Waals surface area contributed by atoms with E-state index in [2.05, 4.69) is 30.8 Å². The summed E-state index contributed by atoms with van der Waals surface area (Å²) in [4.78, 5) is 8.88. The lowest BCUT2D eigenvalue weighted by Crippen LogP contribution is -2.38. The zero-order valence-electron chi connectivity index (χ0n) is 13.9. The number of aromatic amines is 1. The summed E-state index contributed by atoms with van der Waals surface area (Å²) in [5.74, 6) is 3.56. The van der Waals surface area contributed by atoms with Crippen LogP contribution in [0.4, 0.5) is 0 Å². The van der Waals surface area contributed by atoms with Crippen LogP contribution in [0.5, 0.6) is 0 Å². The van der Waals surface area contributed by atoms with Crippen molar-refractivity contribution in [2.24, 2.45) is 4.99 Å². The first kappa shape index (κ1) is 19.0. The molecule has 0 fully saturated rings. The van der Waals surface area contributed by atoms with Crippen LogP contribution in [-0.4, -0.2) is 34.2 Å². The third-order valence-electron chi connectivity index (χ3n) is 3.24. The molecule has 0 bridgehead atoms. The summed E-state index contributed by atoms with van der Waals surface area (Å²) >= 11 is 0. The highest BCUT2D eigenvalue weighted by atomic mass is 127. The molecule has 3 rings (SSSR count). The van der Waals surface area contributed by atoms with Crippen molar-refractivity contribution in [3.63, 3.8) is 0 Å². The zero-order valence-corrected chi connectivity index (χ0v) is 16.2. The number of H-pyrrole nitrogens is 1. The molecule has 25 heavy (non-hydrogen) atoms. The average molecular weight is 456 g/mol. The molecule has 9 heteroatoms. The number of nitrogens with one attached hydrogen (secondary N) is 3. The summed E-state index contributed by atoms with van der Waals surface area (Å²) in [6.07, 6.45) is 3.94. The molecule has 0 spiro atoms. The smallest absolute Gasteiger partial charge is 0.216 e. The maximum Gasteiger partial charge on any atom is 0.216 e. The minimum Gasteiger partial charge on any atom is -0.467 e. The van der Waals surface area contributed by atoms with Gasteiger partial charge in [0, 0.05) is 19.5 Å². The number of aromatic nitrogens is 3. The summed E-state index contributed by atoms with van der Waals surface area (Å²) in [5, 5.41) is 13.5. The first-order valence-corrected chi connectivity index (χ1v) is 7.85. The quantitative estimate of drug-likeness (QED) is 0.287. The Morgan fingerprint density at radius 1 is 1.20 bits per heavy atom. The highest BCUT2D eigenvalue weighted by Gasteiger charge is 2.08. The number of aliphatic imine (C=N–C) groups is 1. The number of hydrogen-bond donors (Lipinski definition) is 3. The molecule has 0 atom stereocenters. The number of halogens is 1. The van der Waals surface area contributed by atoms with Crippen LogP contribution in [0.1, 0.15) is 18.5 Å². The first-order valence-electron chi connectivity index (χ1n) is 7.85. The van der Waals surface area contributed by atoms with E-state index in [-0.39, 0.29) is 24.0 Å². The maximum absolute atomic E-state index is 5.28. The van der Waals surface area contributed by atoms with Gasteiger partial charge in [-0.1, -0.05) is 0 Å². The Hall–Kier alpha value is -2.30. The van der Waals surface area contributed by atoms with Crippen LogP contribution in [-0.2, 0) is 13.0 Å². The standard InChI is InChI=1S/C16H20N6O2.HI/c1-2-17-16(19-11-12-5-3-9-23-12)18-8-7-14-20-15(22-21-14)13-6-4-10-24-13;/h3-6,9-10H,2,7-8,11H2,1H3,(H2,17,18,19)(H,20,21,22);1H. The predicted molar refractivity (Wildman–Crippen MR) is 105 cm³/mol. The van der Waals surface area contributed by atoms with Gasteiger partial charge in [0.1, 0.15) is 18.1 Å². The average Bonchev–Trinajstić information content (AvgIpc) is 3.33. The predicted octanol–water partition coefficient (Wildman–Crippen LogP) is 2.57. The maximum atomic E-state index is 5.28. The van der Waals surface area contributed by atoms with Gasteiger partial charge in [-0.05, 0) is 31.2 Å². The molecule has 0 saturated carbocycles. The second-order valence-electron chi connectivity index (χ2n) is 5.03. The minimum atomic E-state index is 0. The van der Waals surface area contributed by atoms with E-state index in [4.69, 9.17) is 8.83 Å². The van der Waals surface area contributed by atoms with Gasteiger partial charge < -0.3 is 19.5 Å². The molecule has 3 N–H and O–H groups in total. The number of guanidine groups is 1. The molecule has 0 saturated heterocycles. The van der Waals surface area contributed by atoms with E-state index in [0.717, 1.165) is 24.1 Å². The molecule has 0 aliphatic carbocycles. The fourth-order valence-electron chi connectivity index (χ4n) is 2.12. The topological polar surface area (TPSA) is 104 Å². The van der Waals surface area contributed by atoms with Crippen LogP contribution in [0, 0.1) is 0 Å². The van der Waals surface area contributed by atoms with Crippen LogP contribution in [0.2, 0.25) is 0 Å². The molecule has 0 radical (unpaired) electrons. The molecule has 0 amide bonds. The van der Waals surface area contributed by atoms with Crippen molar-refractivity contribution in [2.45, 2.75) is 19.9 Å². The van der Waals surface area contributed by atoms with Crippen molar-refractivity contribution in [3.05, 3.63) is 48.4 Å². The number of furan rings is 2. The van der Waals surface area contributed by atoms with Gasteiger partial charge in [0.05, 0.1) is 12.5 Å². The van der Waals surface area contributed by atoms with E-state index in [1.807, 2.05) is 31.2 Å². The molecule has 3 aromatic rings. The molecule has 0 aliphatic heterocycles. The Balaban J connectivity index is 0.00000225. The highest BCUT2D eigenvalue weighted by Crippen LogP contribution is 2.14. The largest absolute Gasteiger partial charge is 0.467 e. The van der Waals surface area contributed by atoms with Gasteiger partial charge in [0.2, 0.25) is 5.82 Å². The SMILES string of the molecule is CCNC(=NCc1ccco1)NCCc1nc(-c2ccco2)n[nH]1.I. The van der Waals surface area contributed by atoms with Crippen LogP contribution in [0.3, 0.4) is 0 Å². The van der Waals surface area contributed by atoms with Gasteiger partial charge >= 0.3 is 0 Å². The van der Waals surface area contributed by atoms with Crippen molar-refractivity contribution < 1.29 is 8.83 Å². The second-order valence-corrected chi connectivity index (χ2v) is 5.03. The molecule has 3 heterocycles. The van der Waals surface area contributed by atoms with E-state index in [0.29, 0.717) is 31.1 Å². The molecule has 0 unspecified atom stereocenters. The molecule has 134 valence electrons. The van der Waals surface area contributed by atoms with Gasteiger partial charge in [0.15, 0.2) is 11.7 Å². The summed E-state index contributed by atoms with van der Waals surface area (Å²) in [7, 11) is 0. The number of hydrogen-bond acceptors (Lipinski definition) is 5. The summed E-state index contributed by atoms with van der Waals surface area (Å²) in [6.45, 7) is 3.98. The second kappa shape index (κ2) is 9.87.